The first-order chi connectivity index (χ1) is 9.49. The Hall–Kier alpha value is -1.78. The molecule has 2 rings (SSSR count). The van der Waals surface area contributed by atoms with Crippen molar-refractivity contribution in [1.29, 1.82) is 0 Å². The van der Waals surface area contributed by atoms with E-state index in [9.17, 15) is 10.1 Å². The predicted molar refractivity (Wildman–Crippen MR) is 78.6 cm³/mol. The molecule has 0 unspecified atom stereocenters. The van der Waals surface area contributed by atoms with Crippen molar-refractivity contribution < 1.29 is 9.66 Å². The van der Waals surface area contributed by atoms with Crippen molar-refractivity contribution in [3.63, 3.8) is 0 Å². The zero-order chi connectivity index (χ0) is 14.7. The number of hydrogen-bond acceptors (Lipinski definition) is 3. The van der Waals surface area contributed by atoms with E-state index in [1.807, 2.05) is 0 Å². The Morgan fingerprint density at radius 3 is 2.70 bits per heavy atom. The van der Waals surface area contributed by atoms with E-state index in [0.717, 1.165) is 5.56 Å². The molecule has 2 aromatic carbocycles. The normalized spacial score (nSPS) is 10.3. The fourth-order valence-corrected chi connectivity index (χ4v) is 2.10. The van der Waals surface area contributed by atoms with Gasteiger partial charge in [-0.2, -0.15) is 0 Å². The van der Waals surface area contributed by atoms with E-state index >= 15 is 0 Å². The number of nitro benzene ring substituents is 1. The minimum absolute atomic E-state index is 0.0725. The molecule has 0 atom stereocenters. The molecule has 6 heteroatoms. The van der Waals surface area contributed by atoms with Crippen LogP contribution in [0.15, 0.2) is 36.4 Å². The largest absolute Gasteiger partial charge is 0.487 e. The molecule has 104 valence electrons. The summed E-state index contributed by atoms with van der Waals surface area (Å²) in [5.74, 6) is 0.449. The lowest BCUT2D eigenvalue weighted by Gasteiger charge is -2.10. The van der Waals surface area contributed by atoms with Crippen LogP contribution in [0, 0.1) is 17.0 Å². The Kier molecular flexibility index (Phi) is 4.47. The SMILES string of the molecule is Cc1c(COc2cc(Cl)ccc2Cl)cccc1[N+](=O)[O-]. The van der Waals surface area contributed by atoms with E-state index in [2.05, 4.69) is 0 Å². The number of ether oxygens (including phenoxy) is 1. The highest BCUT2D eigenvalue weighted by Crippen LogP contribution is 2.29. The number of benzene rings is 2. The zero-order valence-electron chi connectivity index (χ0n) is 10.6. The van der Waals surface area contributed by atoms with Crippen LogP contribution in [-0.2, 0) is 6.61 Å². The van der Waals surface area contributed by atoms with Crippen molar-refractivity contribution in [2.24, 2.45) is 0 Å². The number of halogens is 2. The summed E-state index contributed by atoms with van der Waals surface area (Å²) in [6, 6.07) is 9.78. The van der Waals surface area contributed by atoms with Gasteiger partial charge in [0.05, 0.1) is 9.95 Å². The second-order valence-corrected chi connectivity index (χ2v) is 5.03. The number of hydrogen-bond donors (Lipinski definition) is 0. The van der Waals surface area contributed by atoms with Gasteiger partial charge in [0, 0.05) is 22.7 Å². The standard InChI is InChI=1S/C14H11Cl2NO3/c1-9-10(3-2-4-13(9)17(18)19)8-20-14-7-11(15)5-6-12(14)16/h2-7H,8H2,1H3. The third kappa shape index (κ3) is 3.21. The summed E-state index contributed by atoms with van der Waals surface area (Å²) >= 11 is 11.9. The molecule has 0 fully saturated rings. The van der Waals surface area contributed by atoms with Crippen LogP contribution in [0.3, 0.4) is 0 Å². The van der Waals surface area contributed by atoms with Gasteiger partial charge in [-0.05, 0) is 24.6 Å². The first-order valence-corrected chi connectivity index (χ1v) is 6.55. The van der Waals surface area contributed by atoms with Gasteiger partial charge < -0.3 is 4.74 Å². The van der Waals surface area contributed by atoms with Gasteiger partial charge in [0.1, 0.15) is 12.4 Å². The molecule has 0 radical (unpaired) electrons. The molecule has 0 amide bonds. The molecule has 4 nitrogen and oxygen atoms in total. The Labute approximate surface area is 126 Å². The van der Waals surface area contributed by atoms with E-state index in [1.54, 1.807) is 37.3 Å². The van der Waals surface area contributed by atoms with Crippen LogP contribution in [0.2, 0.25) is 10.0 Å². The van der Waals surface area contributed by atoms with Crippen molar-refractivity contribution in [3.8, 4) is 5.75 Å². The summed E-state index contributed by atoms with van der Waals surface area (Å²) in [5, 5.41) is 11.8. The van der Waals surface area contributed by atoms with Crippen LogP contribution in [0.4, 0.5) is 5.69 Å². The fourth-order valence-electron chi connectivity index (χ4n) is 1.77. The molecule has 0 saturated carbocycles. The van der Waals surface area contributed by atoms with Crippen LogP contribution in [-0.4, -0.2) is 4.92 Å². The maximum Gasteiger partial charge on any atom is 0.272 e. The van der Waals surface area contributed by atoms with Gasteiger partial charge in [0.2, 0.25) is 0 Å². The molecule has 0 aromatic heterocycles. The smallest absolute Gasteiger partial charge is 0.272 e. The van der Waals surface area contributed by atoms with E-state index in [1.165, 1.54) is 6.07 Å². The molecule has 0 heterocycles. The van der Waals surface area contributed by atoms with Crippen LogP contribution in [0.1, 0.15) is 11.1 Å². The molecule has 0 aliphatic heterocycles. The second kappa shape index (κ2) is 6.11. The van der Waals surface area contributed by atoms with Crippen LogP contribution in [0.25, 0.3) is 0 Å². The summed E-state index contributed by atoms with van der Waals surface area (Å²) in [6.07, 6.45) is 0. The molecular formula is C14H11Cl2NO3. The van der Waals surface area contributed by atoms with Crippen molar-refractivity contribution in [2.45, 2.75) is 13.5 Å². The average molecular weight is 312 g/mol. The Morgan fingerprint density at radius 1 is 1.25 bits per heavy atom. The molecule has 0 aliphatic carbocycles. The van der Waals surface area contributed by atoms with Gasteiger partial charge in [-0.1, -0.05) is 35.3 Å². The van der Waals surface area contributed by atoms with Gasteiger partial charge in [-0.3, -0.25) is 10.1 Å². The summed E-state index contributed by atoms with van der Waals surface area (Å²) in [5.41, 5.74) is 1.38. The van der Waals surface area contributed by atoms with Gasteiger partial charge in [0.25, 0.3) is 5.69 Å². The van der Waals surface area contributed by atoms with Gasteiger partial charge in [-0.15, -0.1) is 0 Å². The number of rotatable bonds is 4. The quantitative estimate of drug-likeness (QED) is 0.602. The molecule has 0 spiro atoms. The lowest BCUT2D eigenvalue weighted by molar-refractivity contribution is -0.385. The highest BCUT2D eigenvalue weighted by Gasteiger charge is 2.13. The number of nitrogens with zero attached hydrogens (tertiary/aromatic N) is 1. The van der Waals surface area contributed by atoms with E-state index in [-0.39, 0.29) is 12.3 Å². The molecule has 0 N–H and O–H groups in total. The van der Waals surface area contributed by atoms with E-state index in [0.29, 0.717) is 21.4 Å². The molecule has 2 aromatic rings. The van der Waals surface area contributed by atoms with Gasteiger partial charge in [0.15, 0.2) is 0 Å². The molecule has 0 bridgehead atoms. The average Bonchev–Trinajstić information content (AvgIpc) is 2.41. The van der Waals surface area contributed by atoms with Crippen molar-refractivity contribution >= 4 is 28.9 Å². The number of nitro groups is 1. The van der Waals surface area contributed by atoms with E-state index in [4.69, 9.17) is 27.9 Å². The van der Waals surface area contributed by atoms with Crippen LogP contribution < -0.4 is 4.74 Å². The van der Waals surface area contributed by atoms with Crippen LogP contribution in [0.5, 0.6) is 5.75 Å². The third-order valence-electron chi connectivity index (χ3n) is 2.89. The Morgan fingerprint density at radius 2 is 2.00 bits per heavy atom. The monoisotopic (exact) mass is 311 g/mol. The summed E-state index contributed by atoms with van der Waals surface area (Å²) in [4.78, 5) is 10.5. The highest BCUT2D eigenvalue weighted by molar-refractivity contribution is 6.34. The minimum Gasteiger partial charge on any atom is -0.487 e. The maximum atomic E-state index is 10.9. The topological polar surface area (TPSA) is 52.4 Å². The summed E-state index contributed by atoms with van der Waals surface area (Å²) in [6.45, 7) is 1.88. The van der Waals surface area contributed by atoms with Crippen LogP contribution >= 0.6 is 23.2 Å². The highest BCUT2D eigenvalue weighted by atomic mass is 35.5. The fraction of sp³-hybridized carbons (Fsp3) is 0.143. The second-order valence-electron chi connectivity index (χ2n) is 4.18. The van der Waals surface area contributed by atoms with E-state index < -0.39 is 4.92 Å². The Bertz CT molecular complexity index is 659. The first-order valence-electron chi connectivity index (χ1n) is 5.80. The zero-order valence-corrected chi connectivity index (χ0v) is 12.1. The predicted octanol–water partition coefficient (Wildman–Crippen LogP) is 4.79. The molecule has 0 saturated heterocycles. The molecular weight excluding hydrogens is 301 g/mol. The first kappa shape index (κ1) is 14.6. The third-order valence-corrected chi connectivity index (χ3v) is 3.44. The maximum absolute atomic E-state index is 10.9. The minimum atomic E-state index is -0.412. The lowest BCUT2D eigenvalue weighted by Crippen LogP contribution is -2.01. The summed E-state index contributed by atoms with van der Waals surface area (Å²) in [7, 11) is 0. The van der Waals surface area contributed by atoms with Crippen molar-refractivity contribution in [1.82, 2.24) is 0 Å². The van der Waals surface area contributed by atoms with Gasteiger partial charge >= 0.3 is 0 Å². The molecule has 0 aliphatic rings. The van der Waals surface area contributed by atoms with Crippen molar-refractivity contribution in [3.05, 3.63) is 67.7 Å². The van der Waals surface area contributed by atoms with Gasteiger partial charge in [-0.25, -0.2) is 0 Å². The summed E-state index contributed by atoms with van der Waals surface area (Å²) < 4.78 is 5.58. The Balaban J connectivity index is 2.21. The molecule has 20 heavy (non-hydrogen) atoms. The lowest BCUT2D eigenvalue weighted by atomic mass is 10.1. The van der Waals surface area contributed by atoms with Crippen molar-refractivity contribution in [2.75, 3.05) is 0 Å².